The van der Waals surface area contributed by atoms with E-state index < -0.39 is 6.04 Å². The lowest BCUT2D eigenvalue weighted by molar-refractivity contribution is -0.119. The molecule has 6 heteroatoms. The Bertz CT molecular complexity index is 1350. The van der Waals surface area contributed by atoms with E-state index in [1.807, 2.05) is 61.8 Å². The van der Waals surface area contributed by atoms with E-state index in [-0.39, 0.29) is 19.2 Å². The van der Waals surface area contributed by atoms with E-state index in [0.717, 1.165) is 33.5 Å². The van der Waals surface area contributed by atoms with Crippen LogP contribution < -0.4 is 10.2 Å². The summed E-state index contributed by atoms with van der Waals surface area (Å²) in [6, 6.07) is 23.4. The van der Waals surface area contributed by atoms with Crippen molar-refractivity contribution in [1.82, 2.24) is 9.88 Å². The molecule has 34 heavy (non-hydrogen) atoms. The molecule has 3 aromatic carbocycles. The summed E-state index contributed by atoms with van der Waals surface area (Å²) in [7, 11) is 3.79. The molecule has 0 radical (unpaired) electrons. The number of rotatable bonds is 4. The summed E-state index contributed by atoms with van der Waals surface area (Å²) in [6.07, 6.45) is 2.77. The monoisotopic (exact) mass is 471 g/mol. The number of fused-ring (bicyclic) bond motifs is 2. The zero-order chi connectivity index (χ0) is 22.9. The number of aryl methyl sites for hydroxylation is 1. The number of carbonyl (C=O) groups excluding carboxylic acids is 2. The number of thioether (sulfide) groups is 1. The number of hydrogen-bond donors (Lipinski definition) is 1. The summed E-state index contributed by atoms with van der Waals surface area (Å²) in [5, 5.41) is 4.06. The van der Waals surface area contributed by atoms with Crippen molar-refractivity contribution >= 4 is 40.2 Å². The van der Waals surface area contributed by atoms with Crippen molar-refractivity contribution in [2.75, 3.05) is 17.7 Å². The molecule has 2 amide bonds. The van der Waals surface area contributed by atoms with Crippen molar-refractivity contribution < 1.29 is 9.59 Å². The van der Waals surface area contributed by atoms with Crippen LogP contribution in [0, 0.1) is 0 Å². The molecule has 5 nitrogen and oxygen atoms in total. The number of aromatic nitrogens is 1. The van der Waals surface area contributed by atoms with E-state index in [2.05, 4.69) is 28.1 Å². The smallest absolute Gasteiger partial charge is 0.251 e. The van der Waals surface area contributed by atoms with Crippen LogP contribution in [0.15, 0.2) is 83.9 Å². The van der Waals surface area contributed by atoms with E-state index in [4.69, 9.17) is 0 Å². The van der Waals surface area contributed by atoms with Gasteiger partial charge in [-0.25, -0.2) is 0 Å². The number of hydrogen-bond acceptors (Lipinski definition) is 3. The van der Waals surface area contributed by atoms with Gasteiger partial charge in [0.1, 0.15) is 6.04 Å². The highest BCUT2D eigenvalue weighted by atomic mass is 32.2. The fourth-order valence-electron chi connectivity index (χ4n) is 4.26. The van der Waals surface area contributed by atoms with Crippen LogP contribution in [0.25, 0.3) is 10.9 Å². The second-order valence-corrected chi connectivity index (χ2v) is 9.46. The highest BCUT2D eigenvalue weighted by Gasteiger charge is 2.30. The molecule has 0 unspecified atom stereocenters. The zero-order valence-corrected chi connectivity index (χ0v) is 19.4. The summed E-state index contributed by atoms with van der Waals surface area (Å²) < 4.78 is 2.07. The van der Waals surface area contributed by atoms with Crippen LogP contribution in [0.5, 0.6) is 0 Å². The molecule has 0 fully saturated rings. The summed E-state index contributed by atoms with van der Waals surface area (Å²) in [6.45, 7) is 0. The molecule has 5 rings (SSSR count). The van der Waals surface area contributed by atoms with Gasteiger partial charge in [0, 0.05) is 47.4 Å². The molecule has 174 valence electrons. The molecule has 1 aliphatic rings. The average molecular weight is 472 g/mol. The number of anilines is 1. The Hall–Kier alpha value is -3.51. The number of nitrogens with one attached hydrogen (secondary N) is 1. The molecule has 1 atom stereocenters. The van der Waals surface area contributed by atoms with Crippen LogP contribution in [-0.4, -0.2) is 35.2 Å². The van der Waals surface area contributed by atoms with Gasteiger partial charge in [0.15, 0.2) is 0 Å². The van der Waals surface area contributed by atoms with E-state index in [9.17, 15) is 9.59 Å². The van der Waals surface area contributed by atoms with Crippen LogP contribution in [0.4, 0.5) is 5.69 Å². The standard InChI is InChI=1S/C27H25N3O2S.CH4/c1-29-12-11-20-15-24-25(16-23(20)29)33-17-22(27(32)30(24)2)28-26(31)21-10-6-9-19(14-21)13-18-7-4-3-5-8-18;/h3-12,14-16,22H,13,17H2,1-2H3,(H,28,31);1H4/t22-;/m0./s1. The minimum Gasteiger partial charge on any atom is -0.351 e. The first-order chi connectivity index (χ1) is 16.0. The Kier molecular flexibility index (Phi) is 6.80. The maximum atomic E-state index is 13.2. The summed E-state index contributed by atoms with van der Waals surface area (Å²) in [5.41, 5.74) is 4.82. The van der Waals surface area contributed by atoms with E-state index in [0.29, 0.717) is 11.3 Å². The van der Waals surface area contributed by atoms with Gasteiger partial charge < -0.3 is 14.8 Å². The van der Waals surface area contributed by atoms with Gasteiger partial charge in [-0.1, -0.05) is 49.9 Å². The molecule has 0 bridgehead atoms. The van der Waals surface area contributed by atoms with Crippen molar-refractivity contribution in [3.05, 3.63) is 95.7 Å². The molecular formula is C28H29N3O2S. The molecule has 2 heterocycles. The number of amides is 2. The number of nitrogens with zero attached hydrogens (tertiary/aromatic N) is 2. The van der Waals surface area contributed by atoms with E-state index in [1.54, 1.807) is 29.8 Å². The Morgan fingerprint density at radius 2 is 1.76 bits per heavy atom. The van der Waals surface area contributed by atoms with Crippen LogP contribution in [0.1, 0.15) is 28.9 Å². The first kappa shape index (κ1) is 23.6. The third kappa shape index (κ3) is 4.59. The molecule has 4 aromatic rings. The van der Waals surface area contributed by atoms with Gasteiger partial charge >= 0.3 is 0 Å². The molecular weight excluding hydrogens is 442 g/mol. The lowest BCUT2D eigenvalue weighted by atomic mass is 10.0. The van der Waals surface area contributed by atoms with Crippen molar-refractivity contribution in [1.29, 1.82) is 0 Å². The highest BCUT2D eigenvalue weighted by Crippen LogP contribution is 2.37. The molecule has 1 N–H and O–H groups in total. The molecule has 1 aliphatic heterocycles. The predicted molar refractivity (Wildman–Crippen MR) is 141 cm³/mol. The summed E-state index contributed by atoms with van der Waals surface area (Å²) >= 11 is 1.60. The van der Waals surface area contributed by atoms with E-state index >= 15 is 0 Å². The second kappa shape index (κ2) is 9.77. The fourth-order valence-corrected chi connectivity index (χ4v) is 5.37. The van der Waals surface area contributed by atoms with Gasteiger partial charge in [0.2, 0.25) is 5.91 Å². The maximum Gasteiger partial charge on any atom is 0.251 e. The van der Waals surface area contributed by atoms with Gasteiger partial charge in [-0.2, -0.15) is 0 Å². The van der Waals surface area contributed by atoms with Crippen molar-refractivity contribution in [2.45, 2.75) is 24.8 Å². The van der Waals surface area contributed by atoms with Crippen LogP contribution in [0.2, 0.25) is 0 Å². The Labute approximate surface area is 204 Å². The van der Waals surface area contributed by atoms with Crippen molar-refractivity contribution in [3.8, 4) is 0 Å². The third-order valence-corrected chi connectivity index (χ3v) is 7.25. The maximum absolute atomic E-state index is 13.2. The van der Waals surface area contributed by atoms with Crippen LogP contribution >= 0.6 is 11.8 Å². The Balaban J connectivity index is 0.00000274. The first-order valence-electron chi connectivity index (χ1n) is 10.9. The second-order valence-electron chi connectivity index (χ2n) is 8.40. The molecule has 1 aromatic heterocycles. The third-order valence-electron chi connectivity index (χ3n) is 6.11. The predicted octanol–water partition coefficient (Wildman–Crippen LogP) is 5.27. The minimum atomic E-state index is -0.596. The lowest BCUT2D eigenvalue weighted by Crippen LogP contribution is -2.48. The average Bonchev–Trinajstić information content (AvgIpc) is 3.15. The van der Waals surface area contributed by atoms with Crippen molar-refractivity contribution in [3.63, 3.8) is 0 Å². The van der Waals surface area contributed by atoms with Gasteiger partial charge in [0.25, 0.3) is 5.91 Å². The van der Waals surface area contributed by atoms with Crippen molar-refractivity contribution in [2.24, 2.45) is 7.05 Å². The summed E-state index contributed by atoms with van der Waals surface area (Å²) in [4.78, 5) is 29.0. The number of carbonyl (C=O) groups is 2. The first-order valence-corrected chi connectivity index (χ1v) is 11.9. The Morgan fingerprint density at radius 3 is 2.56 bits per heavy atom. The van der Waals surface area contributed by atoms with Gasteiger partial charge in [-0.05, 0) is 47.9 Å². The van der Waals surface area contributed by atoms with Crippen LogP contribution in [0.3, 0.4) is 0 Å². The topological polar surface area (TPSA) is 54.3 Å². The lowest BCUT2D eigenvalue weighted by Gasteiger charge is -2.22. The normalized spacial score (nSPS) is 15.4. The number of likely N-dealkylation sites (N-methyl/N-ethyl adjacent to an activating group) is 1. The molecule has 0 saturated carbocycles. The fraction of sp³-hybridized carbons (Fsp3) is 0.214. The molecule has 0 aliphatic carbocycles. The van der Waals surface area contributed by atoms with Gasteiger partial charge in [-0.3, -0.25) is 9.59 Å². The van der Waals surface area contributed by atoms with Crippen LogP contribution in [-0.2, 0) is 18.3 Å². The Morgan fingerprint density at radius 1 is 1.00 bits per heavy atom. The molecule has 0 spiro atoms. The minimum absolute atomic E-state index is 0. The highest BCUT2D eigenvalue weighted by molar-refractivity contribution is 7.99. The largest absolute Gasteiger partial charge is 0.351 e. The van der Waals surface area contributed by atoms with E-state index in [1.165, 1.54) is 5.56 Å². The zero-order valence-electron chi connectivity index (χ0n) is 18.6. The number of benzene rings is 3. The quantitative estimate of drug-likeness (QED) is 0.441. The summed E-state index contributed by atoms with van der Waals surface area (Å²) in [5.74, 6) is 0.153. The SMILES string of the molecule is C.CN1C(=O)[C@@H](NC(=O)c2cccc(Cc3ccccc3)c2)CSc2cc3c(ccn3C)cc21. The van der Waals surface area contributed by atoms with Gasteiger partial charge in [0.05, 0.1) is 5.69 Å². The van der Waals surface area contributed by atoms with Gasteiger partial charge in [-0.15, -0.1) is 11.8 Å². The molecule has 0 saturated heterocycles.